The Hall–Kier alpha value is -4.30. The van der Waals surface area contributed by atoms with Crippen molar-refractivity contribution in [2.75, 3.05) is 13.1 Å². The number of hydrogen-bond donors (Lipinski definition) is 2. The van der Waals surface area contributed by atoms with Crippen molar-refractivity contribution in [1.82, 2.24) is 30.2 Å². The van der Waals surface area contributed by atoms with Crippen LogP contribution in [0.4, 0.5) is 4.79 Å². The van der Waals surface area contributed by atoms with Crippen LogP contribution in [-0.2, 0) is 11.3 Å². The summed E-state index contributed by atoms with van der Waals surface area (Å²) >= 11 is 0. The van der Waals surface area contributed by atoms with Gasteiger partial charge in [0, 0.05) is 30.8 Å². The van der Waals surface area contributed by atoms with E-state index in [0.717, 1.165) is 64.2 Å². The first-order valence-corrected chi connectivity index (χ1v) is 12.8. The number of ether oxygens (including phenoxy) is 1. The van der Waals surface area contributed by atoms with E-state index in [4.69, 9.17) is 14.7 Å². The van der Waals surface area contributed by atoms with Gasteiger partial charge in [-0.3, -0.25) is 4.90 Å². The first kappa shape index (κ1) is 24.1. The van der Waals surface area contributed by atoms with Gasteiger partial charge in [-0.15, -0.1) is 0 Å². The number of nitrogens with one attached hydrogen (secondary N) is 2. The lowest BCUT2D eigenvalue weighted by molar-refractivity contribution is 0.0392. The van der Waals surface area contributed by atoms with Crippen molar-refractivity contribution in [1.29, 1.82) is 0 Å². The van der Waals surface area contributed by atoms with Gasteiger partial charge in [-0.1, -0.05) is 54.6 Å². The average Bonchev–Trinajstić information content (AvgIpc) is 3.32. The third-order valence-electron chi connectivity index (χ3n) is 6.56. The maximum absolute atomic E-state index is 12.0. The molecule has 3 aromatic carbocycles. The number of hydrogen-bond acceptors (Lipinski definition) is 6. The number of benzene rings is 3. The second-order valence-electron chi connectivity index (χ2n) is 10.8. The zero-order valence-electron chi connectivity index (χ0n) is 21.7. The van der Waals surface area contributed by atoms with Crippen LogP contribution in [0.25, 0.3) is 44.6 Å². The first-order chi connectivity index (χ1) is 18.3. The lowest BCUT2D eigenvalue weighted by Gasteiger charge is -2.39. The van der Waals surface area contributed by atoms with E-state index < -0.39 is 5.60 Å². The van der Waals surface area contributed by atoms with E-state index in [1.807, 2.05) is 51.1 Å². The predicted octanol–water partition coefficient (Wildman–Crippen LogP) is 5.55. The van der Waals surface area contributed by atoms with Crippen molar-refractivity contribution < 1.29 is 9.53 Å². The van der Waals surface area contributed by atoms with Crippen LogP contribution in [-0.4, -0.2) is 55.7 Å². The Bertz CT molecular complexity index is 1600. The van der Waals surface area contributed by atoms with Gasteiger partial charge in [0.15, 0.2) is 0 Å². The van der Waals surface area contributed by atoms with Gasteiger partial charge in [-0.25, -0.2) is 19.7 Å². The Morgan fingerprint density at radius 2 is 1.61 bits per heavy atom. The molecule has 0 spiro atoms. The van der Waals surface area contributed by atoms with Crippen LogP contribution in [0.15, 0.2) is 73.1 Å². The summed E-state index contributed by atoms with van der Waals surface area (Å²) < 4.78 is 5.35. The van der Waals surface area contributed by atoms with Crippen LogP contribution in [0.3, 0.4) is 0 Å². The van der Waals surface area contributed by atoms with E-state index in [2.05, 4.69) is 56.6 Å². The number of fused-ring (bicyclic) bond motifs is 2. The number of amides is 1. The van der Waals surface area contributed by atoms with E-state index in [-0.39, 0.29) is 12.1 Å². The zero-order valence-corrected chi connectivity index (χ0v) is 21.7. The lowest BCUT2D eigenvalue weighted by Crippen LogP contribution is -2.59. The summed E-state index contributed by atoms with van der Waals surface area (Å²) in [6, 6.07) is 22.8. The number of rotatable bonds is 5. The minimum atomic E-state index is -0.490. The number of nitrogens with zero attached hydrogens (tertiary/aromatic N) is 4. The van der Waals surface area contributed by atoms with Gasteiger partial charge in [0.25, 0.3) is 0 Å². The van der Waals surface area contributed by atoms with Crippen molar-refractivity contribution in [2.45, 2.75) is 39.0 Å². The number of imidazole rings is 1. The Labute approximate surface area is 221 Å². The van der Waals surface area contributed by atoms with Crippen LogP contribution < -0.4 is 5.32 Å². The molecule has 1 amide bonds. The van der Waals surface area contributed by atoms with Crippen molar-refractivity contribution >= 4 is 28.2 Å². The summed E-state index contributed by atoms with van der Waals surface area (Å²) in [7, 11) is 0. The molecule has 1 aliphatic heterocycles. The first-order valence-electron chi connectivity index (χ1n) is 12.8. The maximum atomic E-state index is 12.0. The van der Waals surface area contributed by atoms with Crippen LogP contribution in [0.5, 0.6) is 0 Å². The molecule has 8 nitrogen and oxygen atoms in total. The van der Waals surface area contributed by atoms with E-state index in [9.17, 15) is 4.79 Å². The Kier molecular flexibility index (Phi) is 6.04. The number of H-pyrrole nitrogens is 1. The molecule has 8 heteroatoms. The summed E-state index contributed by atoms with van der Waals surface area (Å²) in [5.74, 6) is 0. The van der Waals surface area contributed by atoms with E-state index in [1.54, 1.807) is 6.33 Å². The highest BCUT2D eigenvalue weighted by Gasteiger charge is 2.29. The van der Waals surface area contributed by atoms with Gasteiger partial charge in [0.05, 0.1) is 45.8 Å². The number of carbonyl (C=O) groups is 1. The molecule has 2 N–H and O–H groups in total. The summed E-state index contributed by atoms with van der Waals surface area (Å²) in [4.78, 5) is 31.9. The molecule has 38 heavy (non-hydrogen) atoms. The molecule has 6 rings (SSSR count). The highest BCUT2D eigenvalue weighted by molar-refractivity contribution is 5.94. The number of aromatic nitrogens is 4. The SMILES string of the molecule is CC(C)(C)OC(=O)NC1CN(Cc2ccc(-c3nc4cc5nc[nH]c5cc4nc3-c3ccccc3)cc2)C1. The summed E-state index contributed by atoms with van der Waals surface area (Å²) in [5.41, 5.74) is 7.90. The molecule has 2 aromatic heterocycles. The Morgan fingerprint density at radius 3 is 2.29 bits per heavy atom. The van der Waals surface area contributed by atoms with E-state index in [1.165, 1.54) is 5.56 Å². The van der Waals surface area contributed by atoms with E-state index >= 15 is 0 Å². The lowest BCUT2D eigenvalue weighted by atomic mass is 10.0. The molecule has 0 radical (unpaired) electrons. The van der Waals surface area contributed by atoms with Crippen LogP contribution in [0.1, 0.15) is 26.3 Å². The molecule has 192 valence electrons. The average molecular weight is 507 g/mol. The molecular formula is C30H30N6O2. The van der Waals surface area contributed by atoms with Gasteiger partial charge < -0.3 is 15.0 Å². The number of aromatic amines is 1. The van der Waals surface area contributed by atoms with Gasteiger partial charge in [-0.05, 0) is 38.5 Å². The van der Waals surface area contributed by atoms with Crippen LogP contribution >= 0.6 is 0 Å². The van der Waals surface area contributed by atoms with Crippen LogP contribution in [0, 0.1) is 0 Å². The molecule has 1 aliphatic rings. The maximum Gasteiger partial charge on any atom is 0.407 e. The fourth-order valence-corrected chi connectivity index (χ4v) is 4.77. The molecule has 0 unspecified atom stereocenters. The highest BCUT2D eigenvalue weighted by atomic mass is 16.6. The monoisotopic (exact) mass is 506 g/mol. The molecule has 1 fully saturated rings. The van der Waals surface area contributed by atoms with Gasteiger partial charge in [-0.2, -0.15) is 0 Å². The predicted molar refractivity (Wildman–Crippen MR) is 148 cm³/mol. The molecule has 0 bridgehead atoms. The van der Waals surface area contributed by atoms with Crippen molar-refractivity contribution in [3.63, 3.8) is 0 Å². The third kappa shape index (κ3) is 5.08. The zero-order chi connectivity index (χ0) is 26.3. The number of likely N-dealkylation sites (tertiary alicyclic amines) is 1. The molecule has 0 atom stereocenters. The van der Waals surface area contributed by atoms with Crippen molar-refractivity contribution in [2.24, 2.45) is 0 Å². The van der Waals surface area contributed by atoms with Crippen LogP contribution in [0.2, 0.25) is 0 Å². The second kappa shape index (κ2) is 9.54. The fraction of sp³-hybridized carbons (Fsp3) is 0.267. The smallest absolute Gasteiger partial charge is 0.407 e. The largest absolute Gasteiger partial charge is 0.444 e. The molecule has 0 saturated carbocycles. The number of carbonyl (C=O) groups excluding carboxylic acids is 1. The summed E-state index contributed by atoms with van der Waals surface area (Å²) in [6.45, 7) is 8.03. The quantitative estimate of drug-likeness (QED) is 0.325. The minimum absolute atomic E-state index is 0.117. The third-order valence-corrected chi connectivity index (χ3v) is 6.56. The molecule has 3 heterocycles. The van der Waals surface area contributed by atoms with Gasteiger partial charge in [0.2, 0.25) is 0 Å². The second-order valence-corrected chi connectivity index (χ2v) is 10.8. The topological polar surface area (TPSA) is 96.0 Å². The van der Waals surface area contributed by atoms with E-state index in [0.29, 0.717) is 0 Å². The Balaban J connectivity index is 1.21. The summed E-state index contributed by atoms with van der Waals surface area (Å²) in [5, 5.41) is 2.94. The fourth-order valence-electron chi connectivity index (χ4n) is 4.77. The van der Waals surface area contributed by atoms with Gasteiger partial charge >= 0.3 is 6.09 Å². The molecular weight excluding hydrogens is 476 g/mol. The van der Waals surface area contributed by atoms with Gasteiger partial charge in [0.1, 0.15) is 5.60 Å². The molecule has 1 saturated heterocycles. The molecule has 0 aliphatic carbocycles. The summed E-state index contributed by atoms with van der Waals surface area (Å²) in [6.07, 6.45) is 1.33. The highest BCUT2D eigenvalue weighted by Crippen LogP contribution is 2.32. The van der Waals surface area contributed by atoms with Crippen molar-refractivity contribution in [3.05, 3.63) is 78.6 Å². The van der Waals surface area contributed by atoms with Crippen molar-refractivity contribution in [3.8, 4) is 22.5 Å². The Morgan fingerprint density at radius 1 is 0.947 bits per heavy atom. The minimum Gasteiger partial charge on any atom is -0.444 e. The molecule has 5 aromatic rings. The normalized spacial score (nSPS) is 14.5. The number of alkyl carbamates (subject to hydrolysis) is 1. The standard InChI is InChI=1S/C30H30N6O2/c1-30(2,3)38-29(37)33-22-16-36(17-22)15-19-9-11-21(12-10-19)28-27(20-7-5-4-6-8-20)34-25-13-23-24(32-18-31-23)14-26(25)35-28/h4-14,18,22H,15-17H2,1-3H3,(H,31,32)(H,33,37).